The molecule has 1 aromatic carbocycles. The van der Waals surface area contributed by atoms with Crippen molar-refractivity contribution in [3.05, 3.63) is 23.8 Å². The van der Waals surface area contributed by atoms with E-state index in [0.29, 0.717) is 30.6 Å². The van der Waals surface area contributed by atoms with Gasteiger partial charge in [0, 0.05) is 24.2 Å². The largest absolute Gasteiger partial charge is 0.399 e. The first-order valence-corrected chi connectivity index (χ1v) is 6.46. The minimum Gasteiger partial charge on any atom is -0.399 e. The highest BCUT2D eigenvalue weighted by Gasteiger charge is 2.27. The number of carbonyl (C=O) groups is 3. The van der Waals surface area contributed by atoms with Crippen LogP contribution in [0.15, 0.2) is 18.2 Å². The van der Waals surface area contributed by atoms with Crippen LogP contribution in [0.5, 0.6) is 0 Å². The fraction of sp³-hybridized carbons (Fsp3) is 0.357. The lowest BCUT2D eigenvalue weighted by molar-refractivity contribution is -0.150. The van der Waals surface area contributed by atoms with Crippen LogP contribution in [0.2, 0.25) is 0 Å². The zero-order chi connectivity index (χ0) is 14.7. The van der Waals surface area contributed by atoms with Gasteiger partial charge in [-0.25, -0.2) is 0 Å². The zero-order valence-electron chi connectivity index (χ0n) is 11.3. The number of hydrogen-bond acceptors (Lipinski definition) is 4. The van der Waals surface area contributed by atoms with Gasteiger partial charge in [0.2, 0.25) is 17.7 Å². The Morgan fingerprint density at radius 3 is 2.55 bits per heavy atom. The number of nitrogens with one attached hydrogen (secondary N) is 1. The average Bonchev–Trinajstić information content (AvgIpc) is 2.37. The molecular formula is C14H17N3O3. The number of rotatable bonds is 3. The maximum Gasteiger partial charge on any atom is 0.244 e. The number of aryl methyl sites for hydroxylation is 1. The van der Waals surface area contributed by atoms with Gasteiger partial charge in [0.1, 0.15) is 6.54 Å². The van der Waals surface area contributed by atoms with E-state index in [1.54, 1.807) is 18.2 Å². The minimum absolute atomic E-state index is 0.235. The lowest BCUT2D eigenvalue weighted by Gasteiger charge is -2.24. The van der Waals surface area contributed by atoms with Crippen molar-refractivity contribution in [3.63, 3.8) is 0 Å². The molecule has 1 heterocycles. The number of nitrogens with zero attached hydrogens (tertiary/aromatic N) is 1. The summed E-state index contributed by atoms with van der Waals surface area (Å²) in [4.78, 5) is 36.2. The monoisotopic (exact) mass is 275 g/mol. The van der Waals surface area contributed by atoms with E-state index in [-0.39, 0.29) is 24.3 Å². The Bertz CT molecular complexity index is 553. The summed E-state index contributed by atoms with van der Waals surface area (Å²) in [5.41, 5.74) is 7.70. The van der Waals surface area contributed by atoms with Crippen LogP contribution in [0.25, 0.3) is 0 Å². The highest BCUT2D eigenvalue weighted by molar-refractivity contribution is 6.03. The second-order valence-corrected chi connectivity index (χ2v) is 4.85. The minimum atomic E-state index is -0.388. The summed E-state index contributed by atoms with van der Waals surface area (Å²) < 4.78 is 0. The van der Waals surface area contributed by atoms with Crippen LogP contribution in [-0.2, 0) is 14.4 Å². The Morgan fingerprint density at radius 1 is 1.30 bits per heavy atom. The van der Waals surface area contributed by atoms with Gasteiger partial charge < -0.3 is 11.1 Å². The quantitative estimate of drug-likeness (QED) is 0.637. The third-order valence-corrected chi connectivity index (χ3v) is 3.21. The van der Waals surface area contributed by atoms with E-state index in [9.17, 15) is 14.4 Å². The molecule has 1 aliphatic rings. The van der Waals surface area contributed by atoms with E-state index in [4.69, 9.17) is 5.73 Å². The Morgan fingerprint density at radius 2 is 1.95 bits per heavy atom. The van der Waals surface area contributed by atoms with E-state index in [1.807, 2.05) is 6.92 Å². The van der Waals surface area contributed by atoms with Crippen LogP contribution in [0.3, 0.4) is 0 Å². The van der Waals surface area contributed by atoms with Crippen LogP contribution in [0.1, 0.15) is 24.8 Å². The Kier molecular flexibility index (Phi) is 4.02. The van der Waals surface area contributed by atoms with Crippen LogP contribution >= 0.6 is 0 Å². The van der Waals surface area contributed by atoms with Crippen molar-refractivity contribution in [1.82, 2.24) is 4.90 Å². The number of nitrogens with two attached hydrogens (primary N) is 1. The van der Waals surface area contributed by atoms with Gasteiger partial charge >= 0.3 is 0 Å². The Labute approximate surface area is 116 Å². The Balaban J connectivity index is 2.01. The van der Waals surface area contributed by atoms with Crippen molar-refractivity contribution >= 4 is 29.1 Å². The highest BCUT2D eigenvalue weighted by atomic mass is 16.2. The fourth-order valence-electron chi connectivity index (χ4n) is 2.14. The number of hydrogen-bond donors (Lipinski definition) is 2. The predicted molar refractivity (Wildman–Crippen MR) is 74.8 cm³/mol. The molecule has 0 saturated carbocycles. The third kappa shape index (κ3) is 3.14. The molecule has 0 spiro atoms. The molecule has 6 heteroatoms. The van der Waals surface area contributed by atoms with E-state index in [1.165, 1.54) is 0 Å². The van der Waals surface area contributed by atoms with Crippen LogP contribution < -0.4 is 11.1 Å². The van der Waals surface area contributed by atoms with Gasteiger partial charge in [0.15, 0.2) is 0 Å². The molecule has 0 aliphatic carbocycles. The molecule has 1 aliphatic heterocycles. The molecule has 0 unspecified atom stereocenters. The first-order valence-electron chi connectivity index (χ1n) is 6.46. The number of likely N-dealkylation sites (tertiary alicyclic amines) is 1. The molecule has 6 nitrogen and oxygen atoms in total. The number of imide groups is 1. The smallest absolute Gasteiger partial charge is 0.244 e. The standard InChI is InChI=1S/C14H17N3O3/c1-9-7-10(15)5-6-11(9)16-12(18)8-17-13(19)3-2-4-14(17)20/h5-7H,2-4,8,15H2,1H3,(H,16,18). The van der Waals surface area contributed by atoms with Crippen molar-refractivity contribution in [2.75, 3.05) is 17.6 Å². The fourth-order valence-corrected chi connectivity index (χ4v) is 2.14. The van der Waals surface area contributed by atoms with E-state index < -0.39 is 0 Å². The predicted octanol–water partition coefficient (Wildman–Crippen LogP) is 1.05. The Hall–Kier alpha value is -2.37. The van der Waals surface area contributed by atoms with E-state index in [2.05, 4.69) is 5.32 Å². The summed E-state index contributed by atoms with van der Waals surface area (Å²) in [5.74, 6) is -0.961. The van der Waals surface area contributed by atoms with Gasteiger partial charge in [-0.05, 0) is 37.1 Å². The molecule has 2 rings (SSSR count). The lowest BCUT2D eigenvalue weighted by Crippen LogP contribution is -2.44. The number of piperidine rings is 1. The second kappa shape index (κ2) is 5.73. The zero-order valence-corrected chi connectivity index (χ0v) is 11.3. The van der Waals surface area contributed by atoms with Crippen LogP contribution in [-0.4, -0.2) is 29.2 Å². The third-order valence-electron chi connectivity index (χ3n) is 3.21. The topological polar surface area (TPSA) is 92.5 Å². The number of nitrogen functional groups attached to an aromatic ring is 1. The van der Waals surface area contributed by atoms with Gasteiger partial charge in [-0.15, -0.1) is 0 Å². The van der Waals surface area contributed by atoms with Crippen molar-refractivity contribution < 1.29 is 14.4 Å². The van der Waals surface area contributed by atoms with Gasteiger partial charge in [0.05, 0.1) is 0 Å². The van der Waals surface area contributed by atoms with Gasteiger partial charge in [-0.1, -0.05) is 0 Å². The van der Waals surface area contributed by atoms with E-state index >= 15 is 0 Å². The van der Waals surface area contributed by atoms with Crippen molar-refractivity contribution in [1.29, 1.82) is 0 Å². The normalized spacial score (nSPS) is 15.3. The highest BCUT2D eigenvalue weighted by Crippen LogP contribution is 2.18. The summed E-state index contributed by atoms with van der Waals surface area (Å²) in [6.45, 7) is 1.59. The summed E-state index contributed by atoms with van der Waals surface area (Å²) in [6, 6.07) is 5.12. The molecule has 1 fully saturated rings. The SMILES string of the molecule is Cc1cc(N)ccc1NC(=O)CN1C(=O)CCCC1=O. The molecule has 0 atom stereocenters. The first kappa shape index (κ1) is 14.0. The number of anilines is 2. The van der Waals surface area contributed by atoms with Gasteiger partial charge in [-0.3, -0.25) is 19.3 Å². The average molecular weight is 275 g/mol. The molecule has 3 N–H and O–H groups in total. The summed E-state index contributed by atoms with van der Waals surface area (Å²) in [5, 5.41) is 2.69. The number of benzene rings is 1. The maximum atomic E-state index is 11.9. The summed E-state index contributed by atoms with van der Waals surface area (Å²) >= 11 is 0. The number of carbonyl (C=O) groups excluding carboxylic acids is 3. The molecular weight excluding hydrogens is 258 g/mol. The van der Waals surface area contributed by atoms with Crippen LogP contribution in [0, 0.1) is 6.92 Å². The molecule has 20 heavy (non-hydrogen) atoms. The summed E-state index contributed by atoms with van der Waals surface area (Å²) in [7, 11) is 0. The first-order chi connectivity index (χ1) is 9.47. The second-order valence-electron chi connectivity index (χ2n) is 4.85. The molecule has 1 saturated heterocycles. The van der Waals surface area contributed by atoms with Crippen molar-refractivity contribution in [2.45, 2.75) is 26.2 Å². The number of amides is 3. The molecule has 0 bridgehead atoms. The van der Waals surface area contributed by atoms with Crippen LogP contribution in [0.4, 0.5) is 11.4 Å². The van der Waals surface area contributed by atoms with Crippen molar-refractivity contribution in [2.24, 2.45) is 0 Å². The molecule has 0 radical (unpaired) electrons. The lowest BCUT2D eigenvalue weighted by atomic mass is 10.1. The maximum absolute atomic E-state index is 11.9. The molecule has 106 valence electrons. The van der Waals surface area contributed by atoms with Crippen molar-refractivity contribution in [3.8, 4) is 0 Å². The van der Waals surface area contributed by atoms with E-state index in [0.717, 1.165) is 10.5 Å². The summed E-state index contributed by atoms with van der Waals surface area (Å²) in [6.07, 6.45) is 1.20. The molecule has 3 amide bonds. The molecule has 0 aromatic heterocycles. The van der Waals surface area contributed by atoms with Gasteiger partial charge in [-0.2, -0.15) is 0 Å². The van der Waals surface area contributed by atoms with Gasteiger partial charge in [0.25, 0.3) is 0 Å². The molecule has 1 aromatic rings.